The second-order valence-electron chi connectivity index (χ2n) is 6.81. The van der Waals surface area contributed by atoms with E-state index in [0.29, 0.717) is 0 Å². The maximum absolute atomic E-state index is 6.36. The molecule has 0 aliphatic rings. The van der Waals surface area contributed by atoms with Gasteiger partial charge in [-0.3, -0.25) is 0 Å². The first kappa shape index (κ1) is 24.7. The van der Waals surface area contributed by atoms with Crippen LogP contribution >= 0.6 is 0 Å². The second-order valence-corrected chi connectivity index (χ2v) is 14.6. The molecule has 146 valence electrons. The molecule has 0 bridgehead atoms. The van der Waals surface area contributed by atoms with Gasteiger partial charge < -0.3 is 0 Å². The van der Waals surface area contributed by atoms with Crippen molar-refractivity contribution in [3.8, 4) is 0 Å². The van der Waals surface area contributed by atoms with Gasteiger partial charge in [-0.1, -0.05) is 0 Å². The van der Waals surface area contributed by atoms with Gasteiger partial charge in [0, 0.05) is 0 Å². The normalized spacial score (nSPS) is 12.0. The van der Waals surface area contributed by atoms with Crippen molar-refractivity contribution in [1.82, 2.24) is 0 Å². The van der Waals surface area contributed by atoms with Gasteiger partial charge in [0.25, 0.3) is 0 Å². The van der Waals surface area contributed by atoms with Crippen molar-refractivity contribution in [3.05, 3.63) is 0 Å². The first-order valence-electron chi connectivity index (χ1n) is 10.7. The van der Waals surface area contributed by atoms with Gasteiger partial charge in [-0.15, -0.1) is 0 Å². The van der Waals surface area contributed by atoms with E-state index in [1.54, 1.807) is 0 Å². The monoisotopic (exact) mass is 452 g/mol. The summed E-state index contributed by atoms with van der Waals surface area (Å²) in [6.45, 7) is 11.4. The second kappa shape index (κ2) is 18.5. The Morgan fingerprint density at radius 3 is 1.25 bits per heavy atom. The molecular weight excluding hydrogens is 407 g/mol. The Bertz CT molecular complexity index is 223. The third-order valence-electron chi connectivity index (χ3n) is 4.30. The summed E-state index contributed by atoms with van der Waals surface area (Å²) < 4.78 is 20.1. The summed E-state index contributed by atoms with van der Waals surface area (Å²) in [5, 5.41) is 0. The molecule has 0 atom stereocenters. The third-order valence-corrected chi connectivity index (χ3v) is 12.6. The Hall–Kier alpha value is 0.679. The first-order valence-corrected chi connectivity index (χ1v) is 16.2. The summed E-state index contributed by atoms with van der Waals surface area (Å²) in [5.41, 5.74) is 0. The molecule has 0 aromatic rings. The fourth-order valence-corrected chi connectivity index (χ4v) is 10.4. The van der Waals surface area contributed by atoms with Crippen molar-refractivity contribution in [2.24, 2.45) is 0 Å². The van der Waals surface area contributed by atoms with Crippen LogP contribution in [0.3, 0.4) is 0 Å². The molecule has 0 N–H and O–H groups in total. The van der Waals surface area contributed by atoms with Crippen LogP contribution in [0.5, 0.6) is 0 Å². The summed E-state index contributed by atoms with van der Waals surface area (Å²) in [4.78, 5) is 0. The average Bonchev–Trinajstić information content (AvgIpc) is 2.58. The van der Waals surface area contributed by atoms with Crippen molar-refractivity contribution in [1.29, 1.82) is 0 Å². The van der Waals surface area contributed by atoms with Crippen LogP contribution in [-0.4, -0.2) is 39.4 Å². The van der Waals surface area contributed by atoms with Crippen molar-refractivity contribution >= 4 is 19.6 Å². The molecule has 0 spiro atoms. The maximum atomic E-state index is 6.36. The molecule has 0 amide bonds. The molecule has 0 unspecified atom stereocenters. The molecule has 4 heteroatoms. The number of rotatable bonds is 19. The fourth-order valence-electron chi connectivity index (χ4n) is 2.58. The van der Waals surface area contributed by atoms with Crippen LogP contribution in [0.4, 0.5) is 0 Å². The van der Waals surface area contributed by atoms with Gasteiger partial charge >= 0.3 is 158 Å². The minimum absolute atomic E-state index is 0.820. The molecule has 0 aliphatic heterocycles. The van der Waals surface area contributed by atoms with Crippen LogP contribution in [0.25, 0.3) is 0 Å². The van der Waals surface area contributed by atoms with E-state index in [2.05, 4.69) is 27.7 Å². The molecule has 0 aromatic carbocycles. The zero-order chi connectivity index (χ0) is 17.9. The summed E-state index contributed by atoms with van der Waals surface area (Å²) in [5.74, 6) is 0. The SMILES string of the molecule is CCCCCCC[CH2][Sn]([O]CCCC)([O]CCCC)[O]CCCC. The Balaban J connectivity index is 4.48. The van der Waals surface area contributed by atoms with Crippen molar-refractivity contribution < 1.29 is 9.22 Å². The molecule has 0 fully saturated rings. The van der Waals surface area contributed by atoms with E-state index >= 15 is 0 Å². The standard InChI is InChI=1S/C8H17.3C4H9O.Sn/c1-3-5-7-8-6-4-2;3*1-2-3-4-5;/h1,3-8H2,2H3;3*2-4H2,1H3;/q;3*-1;+3. The molecule has 0 aliphatic carbocycles. The van der Waals surface area contributed by atoms with Crippen molar-refractivity contribution in [3.63, 3.8) is 0 Å². The summed E-state index contributed by atoms with van der Waals surface area (Å²) >= 11 is -3.33. The quantitative estimate of drug-likeness (QED) is 0.161. The molecule has 0 heterocycles. The van der Waals surface area contributed by atoms with E-state index in [9.17, 15) is 0 Å². The first-order chi connectivity index (χ1) is 11.7. The molecule has 0 aromatic heterocycles. The third kappa shape index (κ3) is 13.9. The molecule has 24 heavy (non-hydrogen) atoms. The summed E-state index contributed by atoms with van der Waals surface area (Å²) in [6, 6.07) is 0. The number of hydrogen-bond donors (Lipinski definition) is 0. The predicted molar refractivity (Wildman–Crippen MR) is 107 cm³/mol. The fraction of sp³-hybridized carbons (Fsp3) is 1.00. The van der Waals surface area contributed by atoms with Gasteiger partial charge in [0.2, 0.25) is 0 Å². The van der Waals surface area contributed by atoms with E-state index in [-0.39, 0.29) is 0 Å². The molecule has 0 rings (SSSR count). The topological polar surface area (TPSA) is 27.7 Å². The zero-order valence-electron chi connectivity index (χ0n) is 17.0. The van der Waals surface area contributed by atoms with Crippen molar-refractivity contribution in [2.75, 3.05) is 19.8 Å². The Kier molecular flexibility index (Phi) is 19.0. The van der Waals surface area contributed by atoms with E-state index in [1.807, 2.05) is 0 Å². The van der Waals surface area contributed by atoms with Gasteiger partial charge in [-0.25, -0.2) is 0 Å². The van der Waals surface area contributed by atoms with Gasteiger partial charge in [0.05, 0.1) is 0 Å². The molecule has 0 radical (unpaired) electrons. The summed E-state index contributed by atoms with van der Waals surface area (Å²) in [6.07, 6.45) is 14.7. The number of unbranched alkanes of at least 4 members (excludes halogenated alkanes) is 8. The Labute approximate surface area is 157 Å². The molecule has 0 saturated heterocycles. The van der Waals surface area contributed by atoms with Crippen LogP contribution in [-0.2, 0) is 9.22 Å². The number of hydrogen-bond acceptors (Lipinski definition) is 3. The Morgan fingerprint density at radius 1 is 0.458 bits per heavy atom. The van der Waals surface area contributed by atoms with Gasteiger partial charge in [0.15, 0.2) is 0 Å². The molecule has 3 nitrogen and oxygen atoms in total. The van der Waals surface area contributed by atoms with Crippen LogP contribution < -0.4 is 0 Å². The molecular formula is C20H44O3Sn. The minimum atomic E-state index is -3.33. The van der Waals surface area contributed by atoms with Crippen LogP contribution in [0.2, 0.25) is 4.44 Å². The predicted octanol–water partition coefficient (Wildman–Crippen LogP) is 6.74. The van der Waals surface area contributed by atoms with E-state index < -0.39 is 19.6 Å². The molecule has 0 saturated carbocycles. The van der Waals surface area contributed by atoms with Gasteiger partial charge in [0.1, 0.15) is 0 Å². The van der Waals surface area contributed by atoms with E-state index in [4.69, 9.17) is 9.22 Å². The Morgan fingerprint density at radius 2 is 0.833 bits per heavy atom. The van der Waals surface area contributed by atoms with E-state index in [1.165, 1.54) is 57.8 Å². The zero-order valence-corrected chi connectivity index (χ0v) is 19.9. The van der Waals surface area contributed by atoms with Gasteiger partial charge in [-0.2, -0.15) is 0 Å². The van der Waals surface area contributed by atoms with Crippen LogP contribution in [0.1, 0.15) is 105 Å². The van der Waals surface area contributed by atoms with Gasteiger partial charge in [-0.05, 0) is 0 Å². The van der Waals surface area contributed by atoms with Crippen LogP contribution in [0.15, 0.2) is 0 Å². The average molecular weight is 451 g/mol. The van der Waals surface area contributed by atoms with Crippen molar-refractivity contribution in [2.45, 2.75) is 109 Å². The van der Waals surface area contributed by atoms with Crippen LogP contribution in [0, 0.1) is 0 Å². The summed E-state index contributed by atoms with van der Waals surface area (Å²) in [7, 11) is 0. The van der Waals surface area contributed by atoms with E-state index in [0.717, 1.165) is 43.5 Å².